The first-order chi connectivity index (χ1) is 41.3. The van der Waals surface area contributed by atoms with Crippen molar-refractivity contribution in [1.29, 1.82) is 0 Å². The molecule has 504 valence electrons. The van der Waals surface area contributed by atoms with Gasteiger partial charge in [0.2, 0.25) is 5.91 Å². The number of hydrogen-bond acceptors (Lipinski definition) is 18. The van der Waals surface area contributed by atoms with Crippen LogP contribution in [0.25, 0.3) is 0 Å². The Bertz CT molecular complexity index is 1550. The summed E-state index contributed by atoms with van der Waals surface area (Å²) in [6.45, 7) is 1.74. The van der Waals surface area contributed by atoms with Crippen LogP contribution in [0.3, 0.4) is 0 Å². The topological polar surface area (TPSA) is 307 Å². The molecule has 0 aromatic heterocycles. The van der Waals surface area contributed by atoms with E-state index < -0.39 is 124 Å². The van der Waals surface area contributed by atoms with Gasteiger partial charge in [-0.3, -0.25) is 4.79 Å². The number of carbonyl (C=O) groups is 1. The minimum Gasteiger partial charge on any atom is -0.394 e. The van der Waals surface area contributed by atoms with Gasteiger partial charge < -0.3 is 89.9 Å². The first-order valence-electron chi connectivity index (χ1n) is 34.8. The molecule has 0 spiro atoms. The third-order valence-corrected chi connectivity index (χ3v) is 17.9. The molecule has 1 amide bonds. The van der Waals surface area contributed by atoms with E-state index in [4.69, 9.17) is 28.4 Å². The van der Waals surface area contributed by atoms with Crippen LogP contribution in [-0.4, -0.2) is 193 Å². The zero-order valence-corrected chi connectivity index (χ0v) is 53.1. The number of unbranched alkanes of at least 4 members (excludes halogenated alkanes) is 38. The molecular formula is C66H127NO18. The maximum Gasteiger partial charge on any atom is 0.220 e. The van der Waals surface area contributed by atoms with Gasteiger partial charge in [0, 0.05) is 6.42 Å². The van der Waals surface area contributed by atoms with Crippen LogP contribution >= 0.6 is 0 Å². The fraction of sp³-hybridized carbons (Fsp3) is 0.985. The van der Waals surface area contributed by atoms with Crippen LogP contribution in [0.1, 0.15) is 284 Å². The van der Waals surface area contributed by atoms with Crippen molar-refractivity contribution in [2.45, 2.75) is 388 Å². The molecule has 17 atom stereocenters. The number of rotatable bonds is 54. The molecular weight excluding hydrogens is 1090 g/mol. The first-order valence-corrected chi connectivity index (χ1v) is 34.8. The van der Waals surface area contributed by atoms with Crippen LogP contribution in [0, 0.1) is 0 Å². The van der Waals surface area contributed by atoms with Gasteiger partial charge in [-0.2, -0.15) is 0 Å². The minimum absolute atomic E-state index is 0.242. The van der Waals surface area contributed by atoms with Gasteiger partial charge in [-0.25, -0.2) is 0 Å². The lowest BCUT2D eigenvalue weighted by atomic mass is 9.96. The molecule has 0 aromatic rings. The van der Waals surface area contributed by atoms with Crippen LogP contribution in [0.15, 0.2) is 0 Å². The summed E-state index contributed by atoms with van der Waals surface area (Å²) in [4.78, 5) is 13.3. The van der Waals surface area contributed by atoms with Crippen molar-refractivity contribution in [2.75, 3.05) is 26.4 Å². The van der Waals surface area contributed by atoms with E-state index in [1.54, 1.807) is 0 Å². The lowest BCUT2D eigenvalue weighted by Gasteiger charge is -2.48. The van der Waals surface area contributed by atoms with Crippen molar-refractivity contribution in [3.63, 3.8) is 0 Å². The largest absolute Gasteiger partial charge is 0.394 e. The van der Waals surface area contributed by atoms with E-state index in [1.165, 1.54) is 193 Å². The number of ether oxygens (including phenoxy) is 6. The Labute approximate surface area is 513 Å². The summed E-state index contributed by atoms with van der Waals surface area (Å²) in [5.74, 6) is -0.242. The molecule has 0 aromatic carbocycles. The summed E-state index contributed by atoms with van der Waals surface area (Å²) in [6, 6.07) is -0.878. The number of hydrogen-bond donors (Lipinski definition) is 12. The molecule has 3 aliphatic rings. The Kier molecular flexibility index (Phi) is 45.4. The van der Waals surface area contributed by atoms with E-state index in [2.05, 4.69) is 19.2 Å². The predicted octanol–water partition coefficient (Wildman–Crippen LogP) is 8.72. The van der Waals surface area contributed by atoms with Gasteiger partial charge in [-0.1, -0.05) is 264 Å². The molecule has 3 aliphatic heterocycles. The molecule has 3 saturated heterocycles. The molecule has 3 rings (SSSR count). The third-order valence-electron chi connectivity index (χ3n) is 17.9. The van der Waals surface area contributed by atoms with E-state index in [0.717, 1.165) is 57.8 Å². The minimum atomic E-state index is -1.97. The fourth-order valence-corrected chi connectivity index (χ4v) is 12.3. The lowest BCUT2D eigenvalue weighted by molar-refractivity contribution is -0.379. The molecule has 19 heteroatoms. The maximum atomic E-state index is 13.3. The monoisotopic (exact) mass is 1220 g/mol. The average molecular weight is 1220 g/mol. The van der Waals surface area contributed by atoms with Crippen molar-refractivity contribution < 1.29 is 89.4 Å². The molecule has 19 nitrogen and oxygen atoms in total. The lowest BCUT2D eigenvalue weighted by Crippen LogP contribution is -2.66. The molecule has 3 heterocycles. The summed E-state index contributed by atoms with van der Waals surface area (Å²) in [5.41, 5.74) is 0. The second-order valence-electron chi connectivity index (χ2n) is 25.4. The number of aliphatic hydroxyl groups is 11. The predicted molar refractivity (Wildman–Crippen MR) is 328 cm³/mol. The number of nitrogens with one attached hydrogen (secondary N) is 1. The van der Waals surface area contributed by atoms with Gasteiger partial charge in [0.1, 0.15) is 73.2 Å². The van der Waals surface area contributed by atoms with E-state index >= 15 is 0 Å². The summed E-state index contributed by atoms with van der Waals surface area (Å²) in [5, 5.41) is 120. The highest BCUT2D eigenvalue weighted by Gasteiger charge is 2.53. The van der Waals surface area contributed by atoms with Gasteiger partial charge in [0.25, 0.3) is 0 Å². The van der Waals surface area contributed by atoms with Gasteiger partial charge in [0.15, 0.2) is 18.9 Å². The summed E-state index contributed by atoms with van der Waals surface area (Å²) < 4.78 is 34.2. The molecule has 12 N–H and O–H groups in total. The van der Waals surface area contributed by atoms with Gasteiger partial charge in [-0.05, 0) is 12.8 Å². The van der Waals surface area contributed by atoms with Crippen LogP contribution in [0.4, 0.5) is 0 Å². The highest BCUT2D eigenvalue weighted by molar-refractivity contribution is 5.76. The Morgan fingerprint density at radius 2 is 0.671 bits per heavy atom. The van der Waals surface area contributed by atoms with Crippen molar-refractivity contribution >= 4 is 5.91 Å². The second-order valence-corrected chi connectivity index (χ2v) is 25.4. The highest BCUT2D eigenvalue weighted by Crippen LogP contribution is 2.33. The van der Waals surface area contributed by atoms with Gasteiger partial charge in [-0.15, -0.1) is 0 Å². The van der Waals surface area contributed by atoms with E-state index in [-0.39, 0.29) is 18.9 Å². The molecule has 0 aliphatic carbocycles. The van der Waals surface area contributed by atoms with Crippen LogP contribution in [-0.2, 0) is 33.2 Å². The molecule has 85 heavy (non-hydrogen) atoms. The SMILES string of the molecule is CCCCCCCCCCCCCCCCCCCCCCCCCCCCCCCCCCCCC(=O)NC(COC1OC(CO)C(OC2OC(CO)C(OC3OC(CO)C(O)C(O)C3O)C(O)C2O)C(O)C1O)C(O)CCCCCCCC. The molecule has 0 radical (unpaired) electrons. The second kappa shape index (κ2) is 49.5. The number of aliphatic hydroxyl groups excluding tert-OH is 11. The highest BCUT2D eigenvalue weighted by atomic mass is 16.8. The van der Waals surface area contributed by atoms with E-state index in [9.17, 15) is 61.0 Å². The first kappa shape index (κ1) is 78.0. The number of carbonyl (C=O) groups excluding carboxylic acids is 1. The standard InChI is InChI=1S/C66H127NO18/c1-3-5-7-9-11-12-13-14-15-16-17-18-19-20-21-22-23-24-25-26-27-28-29-30-31-32-33-34-35-36-37-38-40-42-44-54(72)67-49(50(71)43-41-39-10-8-6-4-2)48-80-64-60(78)57(75)62(52(46-69)82-64)85-66-61(79)58(76)63(53(47-70)83-66)84-65-59(77)56(74)55(73)51(45-68)81-65/h49-53,55-66,68-71,73-79H,3-48H2,1-2H3,(H,67,72). The Balaban J connectivity index is 1.26. The molecule has 0 bridgehead atoms. The van der Waals surface area contributed by atoms with Gasteiger partial charge in [0.05, 0.1) is 38.6 Å². The molecule has 3 fully saturated rings. The van der Waals surface area contributed by atoms with Crippen LogP contribution in [0.5, 0.6) is 0 Å². The maximum absolute atomic E-state index is 13.3. The van der Waals surface area contributed by atoms with Crippen molar-refractivity contribution in [1.82, 2.24) is 5.32 Å². The Morgan fingerprint density at radius 3 is 1.02 bits per heavy atom. The van der Waals surface area contributed by atoms with Crippen molar-refractivity contribution in [3.8, 4) is 0 Å². The summed E-state index contributed by atoms with van der Waals surface area (Å²) >= 11 is 0. The van der Waals surface area contributed by atoms with Crippen molar-refractivity contribution in [2.24, 2.45) is 0 Å². The summed E-state index contributed by atoms with van der Waals surface area (Å²) in [6.07, 6.45) is 25.8. The zero-order valence-electron chi connectivity index (χ0n) is 53.1. The average Bonchev–Trinajstić information content (AvgIpc) is 2.57. The van der Waals surface area contributed by atoms with Gasteiger partial charge >= 0.3 is 0 Å². The van der Waals surface area contributed by atoms with Crippen molar-refractivity contribution in [3.05, 3.63) is 0 Å². The van der Waals surface area contributed by atoms with Crippen LogP contribution < -0.4 is 5.32 Å². The molecule has 0 saturated carbocycles. The molecule has 17 unspecified atom stereocenters. The number of amides is 1. The quantitative estimate of drug-likeness (QED) is 0.0253. The smallest absolute Gasteiger partial charge is 0.220 e. The Hall–Kier alpha value is -1.21. The third kappa shape index (κ3) is 32.1. The zero-order chi connectivity index (χ0) is 61.9. The van der Waals surface area contributed by atoms with Crippen LogP contribution in [0.2, 0.25) is 0 Å². The van der Waals surface area contributed by atoms with E-state index in [1.807, 2.05) is 0 Å². The normalized spacial score (nSPS) is 28.9. The summed E-state index contributed by atoms with van der Waals surface area (Å²) in [7, 11) is 0. The Morgan fingerprint density at radius 1 is 0.376 bits per heavy atom. The fourth-order valence-electron chi connectivity index (χ4n) is 12.3. The van der Waals surface area contributed by atoms with E-state index in [0.29, 0.717) is 12.8 Å².